The standard InChI is InChI=1S/C35H36N8O3S/c1-40-13-9-29-31(40)39-23-43(34(29)45)22-35(46)11-15-42(16-12-35)33(44)28-10-14-41(21-30(28)24-5-3-2-4-6-24)20-27-19-38-32(47-27)25-7-8-26(17-36)37-18-25/h2-9,13,18-19,23,28,30,46H,10-12,14-16,20-22H2,1H3/t28-,30+/m1/s1. The minimum Gasteiger partial charge on any atom is -0.388 e. The summed E-state index contributed by atoms with van der Waals surface area (Å²) in [5.41, 5.74) is 1.79. The Labute approximate surface area is 276 Å². The number of aryl methyl sites for hydroxylation is 1. The van der Waals surface area contributed by atoms with Gasteiger partial charge in [-0.3, -0.25) is 19.1 Å². The van der Waals surface area contributed by atoms with Gasteiger partial charge in [-0.15, -0.1) is 11.3 Å². The summed E-state index contributed by atoms with van der Waals surface area (Å²) in [7, 11) is 1.85. The number of nitrogens with zero attached hydrogens (tertiary/aromatic N) is 8. The van der Waals surface area contributed by atoms with Crippen LogP contribution in [0.5, 0.6) is 0 Å². The molecule has 2 fully saturated rings. The third-order valence-corrected chi connectivity index (χ3v) is 10.7. The average molecular weight is 649 g/mol. The number of thiazole rings is 1. The lowest BCUT2D eigenvalue weighted by Crippen LogP contribution is -2.53. The Hall–Kier alpha value is -4.70. The SMILES string of the molecule is Cn1ccc2c(=O)n(CC3(O)CCN(C(=O)[C@@H]4CCN(Cc5cnc(-c6ccc(C#N)nc6)s5)C[C@H]4c4ccccc4)CC3)cnc21. The summed E-state index contributed by atoms with van der Waals surface area (Å²) in [5, 5.41) is 21.9. The van der Waals surface area contributed by atoms with Gasteiger partial charge in [0.15, 0.2) is 0 Å². The molecule has 47 heavy (non-hydrogen) atoms. The largest absolute Gasteiger partial charge is 0.388 e. The Morgan fingerprint density at radius 1 is 1.06 bits per heavy atom. The number of rotatable bonds is 7. The van der Waals surface area contributed by atoms with Crippen LogP contribution in [-0.4, -0.2) is 76.7 Å². The summed E-state index contributed by atoms with van der Waals surface area (Å²) in [5.74, 6) is 0.0167. The molecule has 0 spiro atoms. The van der Waals surface area contributed by atoms with Gasteiger partial charge in [0.25, 0.3) is 5.56 Å². The van der Waals surface area contributed by atoms with E-state index in [0.717, 1.165) is 47.1 Å². The fraction of sp³-hybridized carbons (Fsp3) is 0.371. The van der Waals surface area contributed by atoms with Gasteiger partial charge in [0.2, 0.25) is 5.91 Å². The zero-order valence-corrected chi connectivity index (χ0v) is 27.0. The third-order valence-electron chi connectivity index (χ3n) is 9.62. The molecule has 4 aromatic heterocycles. The van der Waals surface area contributed by atoms with Crippen molar-refractivity contribution in [3.63, 3.8) is 0 Å². The molecule has 0 aliphatic carbocycles. The summed E-state index contributed by atoms with van der Waals surface area (Å²) in [6, 6.07) is 17.7. The second-order valence-electron chi connectivity index (χ2n) is 12.7. The van der Waals surface area contributed by atoms with E-state index in [0.29, 0.717) is 42.7 Å². The quantitative estimate of drug-likeness (QED) is 0.282. The molecule has 240 valence electrons. The number of nitriles is 1. The molecule has 0 bridgehead atoms. The van der Waals surface area contributed by atoms with Crippen LogP contribution in [0.4, 0.5) is 0 Å². The van der Waals surface area contributed by atoms with Crippen molar-refractivity contribution in [3.8, 4) is 16.6 Å². The molecular formula is C35H36N8O3S. The Kier molecular flexibility index (Phi) is 8.44. The van der Waals surface area contributed by atoms with Crippen molar-refractivity contribution >= 4 is 28.3 Å². The van der Waals surface area contributed by atoms with Crippen LogP contribution >= 0.6 is 11.3 Å². The second-order valence-corrected chi connectivity index (χ2v) is 13.8. The predicted octanol–water partition coefficient (Wildman–Crippen LogP) is 3.78. The number of hydrogen-bond acceptors (Lipinski definition) is 9. The maximum Gasteiger partial charge on any atom is 0.262 e. The third kappa shape index (κ3) is 6.34. The molecule has 0 radical (unpaired) electrons. The fourth-order valence-corrected chi connectivity index (χ4v) is 7.91. The number of piperidine rings is 2. The van der Waals surface area contributed by atoms with Gasteiger partial charge >= 0.3 is 0 Å². The number of fused-ring (bicyclic) bond motifs is 1. The van der Waals surface area contributed by atoms with Crippen molar-refractivity contribution in [2.75, 3.05) is 26.2 Å². The van der Waals surface area contributed by atoms with Gasteiger partial charge in [0.05, 0.1) is 17.5 Å². The molecule has 1 N–H and O–H groups in total. The van der Waals surface area contributed by atoms with Crippen molar-refractivity contribution in [3.05, 3.63) is 99.9 Å². The average Bonchev–Trinajstić information content (AvgIpc) is 3.73. The minimum atomic E-state index is -1.09. The number of benzene rings is 1. The molecule has 2 aliphatic heterocycles. The lowest BCUT2D eigenvalue weighted by molar-refractivity contribution is -0.142. The van der Waals surface area contributed by atoms with Gasteiger partial charge in [-0.1, -0.05) is 30.3 Å². The lowest BCUT2D eigenvalue weighted by atomic mass is 9.79. The number of carbonyl (C=O) groups is 1. The van der Waals surface area contributed by atoms with Gasteiger partial charge in [-0.25, -0.2) is 15.0 Å². The Bertz CT molecular complexity index is 1990. The number of carbonyl (C=O) groups excluding carboxylic acids is 1. The molecule has 12 heteroatoms. The van der Waals surface area contributed by atoms with Crippen molar-refractivity contribution < 1.29 is 9.90 Å². The van der Waals surface area contributed by atoms with Gasteiger partial charge in [-0.05, 0) is 49.6 Å². The molecule has 0 unspecified atom stereocenters. The maximum absolute atomic E-state index is 14.1. The molecule has 7 rings (SSSR count). The summed E-state index contributed by atoms with van der Waals surface area (Å²) >= 11 is 1.62. The first-order chi connectivity index (χ1) is 22.8. The first-order valence-electron chi connectivity index (χ1n) is 15.9. The molecule has 11 nitrogen and oxygen atoms in total. The van der Waals surface area contributed by atoms with Crippen molar-refractivity contribution in [2.45, 2.75) is 43.9 Å². The summed E-state index contributed by atoms with van der Waals surface area (Å²) in [6.07, 6.45) is 8.44. The first kappa shape index (κ1) is 30.9. The van der Waals surface area contributed by atoms with Crippen LogP contribution in [0.2, 0.25) is 0 Å². The zero-order valence-electron chi connectivity index (χ0n) is 26.2. The van der Waals surface area contributed by atoms with E-state index in [1.54, 1.807) is 34.2 Å². The highest BCUT2D eigenvalue weighted by atomic mass is 32.1. The number of likely N-dealkylation sites (tertiary alicyclic amines) is 2. The number of hydrogen-bond donors (Lipinski definition) is 1. The summed E-state index contributed by atoms with van der Waals surface area (Å²) < 4.78 is 3.30. The van der Waals surface area contributed by atoms with Crippen molar-refractivity contribution in [1.82, 2.24) is 33.9 Å². The van der Waals surface area contributed by atoms with Crippen LogP contribution in [0.1, 0.15) is 41.3 Å². The smallest absolute Gasteiger partial charge is 0.262 e. The topological polar surface area (TPSA) is 133 Å². The Balaban J connectivity index is 1.01. The molecular weight excluding hydrogens is 613 g/mol. The molecule has 2 saturated heterocycles. The number of amides is 1. The lowest BCUT2D eigenvalue weighted by Gasteiger charge is -2.43. The van der Waals surface area contributed by atoms with Crippen LogP contribution in [0.15, 0.2) is 78.2 Å². The Morgan fingerprint density at radius 3 is 2.62 bits per heavy atom. The van der Waals surface area contributed by atoms with Crippen molar-refractivity contribution in [2.24, 2.45) is 13.0 Å². The summed E-state index contributed by atoms with van der Waals surface area (Å²) in [6.45, 7) is 3.33. The first-order valence-corrected chi connectivity index (χ1v) is 16.7. The molecule has 0 saturated carbocycles. The van der Waals surface area contributed by atoms with Gasteiger partial charge in [0, 0.05) is 74.1 Å². The highest BCUT2D eigenvalue weighted by Crippen LogP contribution is 2.37. The van der Waals surface area contributed by atoms with E-state index < -0.39 is 5.60 Å². The molecule has 2 atom stereocenters. The van der Waals surface area contributed by atoms with Crippen LogP contribution in [-0.2, 0) is 24.9 Å². The van der Waals surface area contributed by atoms with Crippen LogP contribution in [0.25, 0.3) is 21.6 Å². The summed E-state index contributed by atoms with van der Waals surface area (Å²) in [4.78, 5) is 45.8. The number of aromatic nitrogens is 5. The van der Waals surface area contributed by atoms with E-state index in [4.69, 9.17) is 5.26 Å². The molecule has 1 aromatic carbocycles. The van der Waals surface area contributed by atoms with Crippen LogP contribution in [0, 0.1) is 17.2 Å². The van der Waals surface area contributed by atoms with Gasteiger partial charge in [-0.2, -0.15) is 5.26 Å². The van der Waals surface area contributed by atoms with Crippen LogP contribution in [0.3, 0.4) is 0 Å². The zero-order chi connectivity index (χ0) is 32.5. The van der Waals surface area contributed by atoms with E-state index >= 15 is 0 Å². The second kappa shape index (κ2) is 12.8. The molecule has 6 heterocycles. The monoisotopic (exact) mass is 648 g/mol. The van der Waals surface area contributed by atoms with E-state index in [2.05, 4.69) is 32.0 Å². The predicted molar refractivity (Wildman–Crippen MR) is 178 cm³/mol. The molecule has 1 amide bonds. The van der Waals surface area contributed by atoms with E-state index in [1.807, 2.05) is 54.7 Å². The maximum atomic E-state index is 14.1. The van der Waals surface area contributed by atoms with Gasteiger partial charge in [0.1, 0.15) is 28.7 Å². The van der Waals surface area contributed by atoms with Gasteiger partial charge < -0.3 is 14.6 Å². The normalized spacial score (nSPS) is 19.9. The minimum absolute atomic E-state index is 0.0376. The van der Waals surface area contributed by atoms with Crippen LogP contribution < -0.4 is 5.56 Å². The van der Waals surface area contributed by atoms with E-state index in [9.17, 15) is 14.7 Å². The van der Waals surface area contributed by atoms with E-state index in [1.165, 1.54) is 10.9 Å². The highest BCUT2D eigenvalue weighted by Gasteiger charge is 2.41. The number of pyridine rings is 1. The fourth-order valence-electron chi connectivity index (χ4n) is 6.96. The highest BCUT2D eigenvalue weighted by molar-refractivity contribution is 7.15. The Morgan fingerprint density at radius 2 is 1.87 bits per heavy atom. The molecule has 5 aromatic rings. The number of aliphatic hydroxyl groups is 1. The van der Waals surface area contributed by atoms with Crippen molar-refractivity contribution in [1.29, 1.82) is 5.26 Å². The molecule has 2 aliphatic rings. The van der Waals surface area contributed by atoms with E-state index in [-0.39, 0.29) is 29.8 Å².